The zero-order chi connectivity index (χ0) is 17.9. The number of benzene rings is 1. The Morgan fingerprint density at radius 1 is 1.24 bits per heavy atom. The number of hydrogen-bond donors (Lipinski definition) is 3. The molecule has 132 valence electrons. The first kappa shape index (κ1) is 17.6. The van der Waals surface area contributed by atoms with Gasteiger partial charge in [-0.1, -0.05) is 18.2 Å². The maximum Gasteiger partial charge on any atom is 0.239 e. The van der Waals surface area contributed by atoms with E-state index in [9.17, 15) is 8.42 Å². The highest BCUT2D eigenvalue weighted by atomic mass is 32.2. The number of thiocarbonyl (C=S) groups is 1. The Labute approximate surface area is 152 Å². The molecule has 0 spiro atoms. The summed E-state index contributed by atoms with van der Waals surface area (Å²) in [6.45, 7) is 1.55. The van der Waals surface area contributed by atoms with Crippen molar-refractivity contribution in [2.45, 2.75) is 17.4 Å². The van der Waals surface area contributed by atoms with Gasteiger partial charge in [0.15, 0.2) is 5.11 Å². The van der Waals surface area contributed by atoms with E-state index in [1.165, 1.54) is 12.3 Å². The highest BCUT2D eigenvalue weighted by Crippen LogP contribution is 2.19. The molecule has 9 heteroatoms. The fourth-order valence-electron chi connectivity index (χ4n) is 2.69. The molecule has 1 fully saturated rings. The molecule has 1 aliphatic rings. The quantitative estimate of drug-likeness (QED) is 0.691. The minimum atomic E-state index is -3.72. The summed E-state index contributed by atoms with van der Waals surface area (Å²) < 4.78 is 22.6. The molecule has 4 N–H and O–H groups in total. The third kappa shape index (κ3) is 4.65. The van der Waals surface area contributed by atoms with Gasteiger partial charge in [-0.15, -0.1) is 0 Å². The number of aromatic nitrogens is 1. The predicted octanol–water partition coefficient (Wildman–Crippen LogP) is 1.29. The van der Waals surface area contributed by atoms with E-state index >= 15 is 0 Å². The van der Waals surface area contributed by atoms with Gasteiger partial charge in [0.1, 0.15) is 10.7 Å². The van der Waals surface area contributed by atoms with Crippen molar-refractivity contribution in [2.24, 2.45) is 5.14 Å². The molecule has 2 heterocycles. The lowest BCUT2D eigenvalue weighted by molar-refractivity contribution is 0.597. The lowest BCUT2D eigenvalue weighted by Crippen LogP contribution is -2.39. The van der Waals surface area contributed by atoms with Gasteiger partial charge in [-0.05, 0) is 42.9 Å². The molecule has 7 nitrogen and oxygen atoms in total. The number of para-hydroxylation sites is 1. The Bertz CT molecular complexity index is 841. The molecule has 0 amide bonds. The summed E-state index contributed by atoms with van der Waals surface area (Å²) in [5.41, 5.74) is 0.940. The van der Waals surface area contributed by atoms with Crippen LogP contribution in [0.3, 0.4) is 0 Å². The smallest absolute Gasteiger partial charge is 0.239 e. The second kappa shape index (κ2) is 7.34. The molecule has 1 aromatic carbocycles. The van der Waals surface area contributed by atoms with Crippen LogP contribution in [0.2, 0.25) is 0 Å². The topological polar surface area (TPSA) is 100 Å². The highest BCUT2D eigenvalue weighted by Gasteiger charge is 2.24. The van der Waals surface area contributed by atoms with E-state index < -0.39 is 10.0 Å². The molecule has 0 aliphatic carbocycles. The Balaban J connectivity index is 1.55. The number of nitrogens with two attached hydrogens (primary N) is 1. The molecule has 3 rings (SSSR count). The zero-order valence-corrected chi connectivity index (χ0v) is 15.1. The van der Waals surface area contributed by atoms with Crippen LogP contribution >= 0.6 is 12.2 Å². The molecule has 0 unspecified atom stereocenters. The van der Waals surface area contributed by atoms with Gasteiger partial charge in [-0.2, -0.15) is 0 Å². The lowest BCUT2D eigenvalue weighted by atomic mass is 10.3. The number of nitrogens with one attached hydrogen (secondary N) is 2. The second-order valence-corrected chi connectivity index (χ2v) is 7.76. The summed E-state index contributed by atoms with van der Waals surface area (Å²) in [6.07, 6.45) is 2.20. The fourth-order valence-corrected chi connectivity index (χ4v) is 3.43. The van der Waals surface area contributed by atoms with Crippen LogP contribution in [0.4, 0.5) is 11.5 Å². The summed E-state index contributed by atoms with van der Waals surface area (Å²) in [7, 11) is -3.72. The largest absolute Gasteiger partial charge is 0.358 e. The van der Waals surface area contributed by atoms with Gasteiger partial charge < -0.3 is 15.5 Å². The van der Waals surface area contributed by atoms with Crippen LogP contribution in [-0.4, -0.2) is 37.6 Å². The standard InChI is InChI=1S/C16H19N5O2S2/c17-25(22,23)14-6-7-15(18-10-14)21-9-8-13(11-21)20-16(24)19-12-4-2-1-3-5-12/h1-7,10,13H,8-9,11H2,(H2,17,22,23)(H2,19,20,24)/t13-/m0/s1. The highest BCUT2D eigenvalue weighted by molar-refractivity contribution is 7.89. The molecular formula is C16H19N5O2S2. The van der Waals surface area contributed by atoms with Crippen LogP contribution < -0.4 is 20.7 Å². The first-order chi connectivity index (χ1) is 11.9. The van der Waals surface area contributed by atoms with Gasteiger partial charge in [0.2, 0.25) is 10.0 Å². The molecule has 2 aromatic rings. The van der Waals surface area contributed by atoms with Gasteiger partial charge in [0.25, 0.3) is 0 Å². The van der Waals surface area contributed by atoms with Crippen molar-refractivity contribution >= 4 is 38.9 Å². The van der Waals surface area contributed by atoms with Crippen molar-refractivity contribution in [3.05, 3.63) is 48.7 Å². The van der Waals surface area contributed by atoms with E-state index in [1.54, 1.807) is 6.07 Å². The van der Waals surface area contributed by atoms with E-state index in [0.717, 1.165) is 31.0 Å². The minimum Gasteiger partial charge on any atom is -0.358 e. The fraction of sp³-hybridized carbons (Fsp3) is 0.250. The van der Waals surface area contributed by atoms with E-state index in [0.29, 0.717) is 5.11 Å². The number of nitrogens with zero attached hydrogens (tertiary/aromatic N) is 2. The molecule has 1 saturated heterocycles. The van der Waals surface area contributed by atoms with Gasteiger partial charge in [0, 0.05) is 31.0 Å². The van der Waals surface area contributed by atoms with E-state index in [-0.39, 0.29) is 10.9 Å². The molecule has 0 bridgehead atoms. The molecule has 1 aromatic heterocycles. The number of rotatable bonds is 4. The van der Waals surface area contributed by atoms with Crippen molar-refractivity contribution in [1.82, 2.24) is 10.3 Å². The average Bonchev–Trinajstić information content (AvgIpc) is 3.03. The lowest BCUT2D eigenvalue weighted by Gasteiger charge is -2.19. The minimum absolute atomic E-state index is 0.0124. The zero-order valence-electron chi connectivity index (χ0n) is 13.4. The molecule has 1 aliphatic heterocycles. The summed E-state index contributed by atoms with van der Waals surface area (Å²) in [6, 6.07) is 13.1. The normalized spacial score (nSPS) is 17.3. The Morgan fingerprint density at radius 3 is 2.64 bits per heavy atom. The monoisotopic (exact) mass is 377 g/mol. The van der Waals surface area contributed by atoms with Crippen LogP contribution in [0.25, 0.3) is 0 Å². The third-order valence-corrected chi connectivity index (χ3v) is 5.05. The summed E-state index contributed by atoms with van der Waals surface area (Å²) in [4.78, 5) is 6.29. The average molecular weight is 377 g/mol. The first-order valence-electron chi connectivity index (χ1n) is 7.78. The maximum absolute atomic E-state index is 11.3. The van der Waals surface area contributed by atoms with Gasteiger partial charge in [-0.3, -0.25) is 0 Å². The van der Waals surface area contributed by atoms with Gasteiger partial charge >= 0.3 is 0 Å². The SMILES string of the molecule is NS(=O)(=O)c1ccc(N2CC[C@H](NC(=S)Nc3ccccc3)C2)nc1. The van der Waals surface area contributed by atoms with Crippen molar-refractivity contribution in [3.8, 4) is 0 Å². The number of primary sulfonamides is 1. The van der Waals surface area contributed by atoms with Crippen molar-refractivity contribution in [2.75, 3.05) is 23.3 Å². The van der Waals surface area contributed by atoms with Crippen LogP contribution in [0.1, 0.15) is 6.42 Å². The van der Waals surface area contributed by atoms with Crippen LogP contribution in [0, 0.1) is 0 Å². The number of sulfonamides is 1. The van der Waals surface area contributed by atoms with E-state index in [2.05, 4.69) is 20.5 Å². The van der Waals surface area contributed by atoms with Gasteiger partial charge in [-0.25, -0.2) is 18.5 Å². The van der Waals surface area contributed by atoms with Crippen LogP contribution in [-0.2, 0) is 10.0 Å². The van der Waals surface area contributed by atoms with Gasteiger partial charge in [0.05, 0.1) is 0 Å². The van der Waals surface area contributed by atoms with Crippen LogP contribution in [0.5, 0.6) is 0 Å². The summed E-state index contributed by atoms with van der Waals surface area (Å²) in [5, 5.41) is 12.1. The Morgan fingerprint density at radius 2 is 2.00 bits per heavy atom. The van der Waals surface area contributed by atoms with Crippen molar-refractivity contribution in [3.63, 3.8) is 0 Å². The second-order valence-electron chi connectivity index (χ2n) is 5.79. The molecule has 25 heavy (non-hydrogen) atoms. The third-order valence-electron chi connectivity index (χ3n) is 3.93. The van der Waals surface area contributed by atoms with E-state index in [4.69, 9.17) is 17.4 Å². The Hall–Kier alpha value is -2.23. The Kier molecular flexibility index (Phi) is 5.16. The predicted molar refractivity (Wildman–Crippen MR) is 102 cm³/mol. The van der Waals surface area contributed by atoms with Crippen molar-refractivity contribution in [1.29, 1.82) is 0 Å². The van der Waals surface area contributed by atoms with Crippen molar-refractivity contribution < 1.29 is 8.42 Å². The molecule has 0 saturated carbocycles. The molecule has 1 atom stereocenters. The number of hydrogen-bond acceptors (Lipinski definition) is 5. The molecular weight excluding hydrogens is 358 g/mol. The van der Waals surface area contributed by atoms with Crippen LogP contribution in [0.15, 0.2) is 53.6 Å². The summed E-state index contributed by atoms with van der Waals surface area (Å²) in [5.74, 6) is 0.721. The number of anilines is 2. The number of pyridine rings is 1. The molecule has 0 radical (unpaired) electrons. The van der Waals surface area contributed by atoms with E-state index in [1.807, 2.05) is 30.3 Å². The first-order valence-corrected chi connectivity index (χ1v) is 9.73. The summed E-state index contributed by atoms with van der Waals surface area (Å²) >= 11 is 5.35. The maximum atomic E-state index is 11.3.